The quantitative estimate of drug-likeness (QED) is 0.163. The van der Waals surface area contributed by atoms with Crippen molar-refractivity contribution in [2.75, 3.05) is 25.6 Å². The minimum Gasteiger partial charge on any atom is -0.356 e. The lowest BCUT2D eigenvalue weighted by Gasteiger charge is -2.14. The molecule has 2 aromatic rings. The molecule has 0 heterocycles. The van der Waals surface area contributed by atoms with Crippen molar-refractivity contribution in [2.24, 2.45) is 4.99 Å². The lowest BCUT2D eigenvalue weighted by Crippen LogP contribution is -2.37. The smallest absolute Gasteiger partial charge is 0.191 e. The topological polar surface area (TPSA) is 70.6 Å². The highest BCUT2D eigenvalue weighted by atomic mass is 127. The van der Waals surface area contributed by atoms with E-state index in [9.17, 15) is 8.42 Å². The Kier molecular flexibility index (Phi) is 11.7. The summed E-state index contributed by atoms with van der Waals surface area (Å²) in [5.41, 5.74) is 3.29. The van der Waals surface area contributed by atoms with Crippen molar-refractivity contribution in [3.63, 3.8) is 0 Å². The van der Waals surface area contributed by atoms with E-state index in [1.54, 1.807) is 18.8 Å². The number of nitrogens with one attached hydrogen (secondary N) is 2. The van der Waals surface area contributed by atoms with Gasteiger partial charge in [0.05, 0.1) is 11.5 Å². The molecule has 0 atom stereocenters. The predicted molar refractivity (Wildman–Crippen MR) is 135 cm³/mol. The first-order valence-corrected chi connectivity index (χ1v) is 12.3. The summed E-state index contributed by atoms with van der Waals surface area (Å²) in [7, 11) is -1.40. The minimum absolute atomic E-state index is 0. The van der Waals surface area contributed by atoms with Crippen LogP contribution in [0, 0.1) is 6.92 Å². The van der Waals surface area contributed by atoms with Gasteiger partial charge in [-0.15, -0.1) is 35.7 Å². The van der Waals surface area contributed by atoms with Crippen molar-refractivity contribution in [2.45, 2.75) is 30.5 Å². The van der Waals surface area contributed by atoms with Crippen molar-refractivity contribution < 1.29 is 8.42 Å². The van der Waals surface area contributed by atoms with Gasteiger partial charge in [0.15, 0.2) is 15.8 Å². The number of benzene rings is 2. The Bertz CT molecular complexity index is 888. The molecular formula is C21H30IN3O2S2. The van der Waals surface area contributed by atoms with E-state index in [1.165, 1.54) is 16.0 Å². The van der Waals surface area contributed by atoms with E-state index < -0.39 is 9.84 Å². The summed E-state index contributed by atoms with van der Waals surface area (Å²) in [6.07, 6.45) is 2.61. The maximum absolute atomic E-state index is 12.2. The molecule has 0 aliphatic heterocycles. The van der Waals surface area contributed by atoms with Crippen LogP contribution in [0.3, 0.4) is 0 Å². The van der Waals surface area contributed by atoms with Gasteiger partial charge in [-0.3, -0.25) is 4.99 Å². The van der Waals surface area contributed by atoms with E-state index in [4.69, 9.17) is 0 Å². The molecule has 0 unspecified atom stereocenters. The first-order chi connectivity index (χ1) is 13.4. The molecule has 8 heteroatoms. The largest absolute Gasteiger partial charge is 0.356 e. The second-order valence-corrected chi connectivity index (χ2v) is 9.63. The van der Waals surface area contributed by atoms with E-state index in [2.05, 4.69) is 47.0 Å². The van der Waals surface area contributed by atoms with Crippen LogP contribution in [0.1, 0.15) is 23.1 Å². The molecule has 0 aromatic heterocycles. The molecule has 160 valence electrons. The normalized spacial score (nSPS) is 11.6. The van der Waals surface area contributed by atoms with E-state index in [-0.39, 0.29) is 35.5 Å². The Hall–Kier alpha value is -1.26. The molecule has 29 heavy (non-hydrogen) atoms. The number of sulfone groups is 1. The molecule has 0 fully saturated rings. The van der Waals surface area contributed by atoms with Gasteiger partial charge in [-0.2, -0.15) is 0 Å². The molecule has 0 aliphatic carbocycles. The number of aryl methyl sites for hydroxylation is 1. The van der Waals surface area contributed by atoms with Gasteiger partial charge in [0.1, 0.15) is 0 Å². The molecule has 5 nitrogen and oxygen atoms in total. The van der Waals surface area contributed by atoms with Crippen LogP contribution < -0.4 is 10.6 Å². The van der Waals surface area contributed by atoms with Gasteiger partial charge in [-0.1, -0.05) is 42.5 Å². The molecule has 0 aliphatic rings. The molecule has 2 N–H and O–H groups in total. The van der Waals surface area contributed by atoms with Crippen LogP contribution in [0.2, 0.25) is 0 Å². The van der Waals surface area contributed by atoms with E-state index in [1.807, 2.05) is 30.3 Å². The summed E-state index contributed by atoms with van der Waals surface area (Å²) < 4.78 is 24.5. The van der Waals surface area contributed by atoms with Crippen LogP contribution in [0.5, 0.6) is 0 Å². The number of hydrogen-bond acceptors (Lipinski definition) is 4. The van der Waals surface area contributed by atoms with Crippen LogP contribution in [0.15, 0.2) is 58.4 Å². The zero-order valence-electron chi connectivity index (χ0n) is 17.1. The lowest BCUT2D eigenvalue weighted by atomic mass is 10.1. The van der Waals surface area contributed by atoms with Crippen molar-refractivity contribution in [1.29, 1.82) is 0 Å². The molecule has 2 rings (SSSR count). The standard InChI is InChI=1S/C21H29N3O2S2.HI/c1-17-10-11-19(20(14-17)27-3)15-24-21(22-2)23-12-7-13-28(25,26)16-18-8-5-4-6-9-18;/h4-6,8-11,14H,7,12-13,15-16H2,1-3H3,(H2,22,23,24);1H. The predicted octanol–water partition coefficient (Wildman–Crippen LogP) is 4.01. The maximum Gasteiger partial charge on any atom is 0.191 e. The Morgan fingerprint density at radius 3 is 2.48 bits per heavy atom. The van der Waals surface area contributed by atoms with Gasteiger partial charge >= 0.3 is 0 Å². The van der Waals surface area contributed by atoms with Crippen molar-refractivity contribution >= 4 is 51.5 Å². The number of hydrogen-bond donors (Lipinski definition) is 2. The third kappa shape index (κ3) is 9.39. The van der Waals surface area contributed by atoms with Gasteiger partial charge in [0, 0.05) is 25.0 Å². The number of thioether (sulfide) groups is 1. The Balaban J connectivity index is 0.00000420. The molecule has 2 aromatic carbocycles. The molecular weight excluding hydrogens is 517 g/mol. The number of aliphatic imine (C=N–C) groups is 1. The molecule has 0 bridgehead atoms. The van der Waals surface area contributed by atoms with Crippen LogP contribution in [-0.2, 0) is 22.1 Å². The van der Waals surface area contributed by atoms with E-state index in [0.717, 1.165) is 5.56 Å². The highest BCUT2D eigenvalue weighted by Crippen LogP contribution is 2.21. The first-order valence-electron chi connectivity index (χ1n) is 9.26. The van der Waals surface area contributed by atoms with Gasteiger partial charge in [0.25, 0.3) is 0 Å². The van der Waals surface area contributed by atoms with Gasteiger partial charge < -0.3 is 10.6 Å². The summed E-state index contributed by atoms with van der Waals surface area (Å²) >= 11 is 1.73. The molecule has 0 spiro atoms. The number of rotatable bonds is 9. The van der Waals surface area contributed by atoms with Gasteiger partial charge in [-0.25, -0.2) is 8.42 Å². The number of nitrogens with zero attached hydrogens (tertiary/aromatic N) is 1. The maximum atomic E-state index is 12.2. The molecule has 0 radical (unpaired) electrons. The minimum atomic E-state index is -3.11. The van der Waals surface area contributed by atoms with Crippen molar-refractivity contribution in [1.82, 2.24) is 10.6 Å². The monoisotopic (exact) mass is 547 g/mol. The second kappa shape index (κ2) is 13.1. The lowest BCUT2D eigenvalue weighted by molar-refractivity contribution is 0.591. The first kappa shape index (κ1) is 25.8. The summed E-state index contributed by atoms with van der Waals surface area (Å²) in [5, 5.41) is 6.49. The Morgan fingerprint density at radius 2 is 1.83 bits per heavy atom. The van der Waals surface area contributed by atoms with E-state index >= 15 is 0 Å². The number of halogens is 1. The second-order valence-electron chi connectivity index (χ2n) is 6.60. The van der Waals surface area contributed by atoms with Gasteiger partial charge in [-0.05, 0) is 42.4 Å². The Labute approximate surface area is 196 Å². The molecule has 0 amide bonds. The summed E-state index contributed by atoms with van der Waals surface area (Å²) in [5.74, 6) is 0.916. The van der Waals surface area contributed by atoms with Crippen LogP contribution in [-0.4, -0.2) is 40.0 Å². The third-order valence-corrected chi connectivity index (χ3v) is 6.77. The van der Waals surface area contributed by atoms with Crippen molar-refractivity contribution in [3.05, 3.63) is 65.2 Å². The third-order valence-electron chi connectivity index (χ3n) is 4.27. The highest BCUT2D eigenvalue weighted by Gasteiger charge is 2.11. The van der Waals surface area contributed by atoms with Crippen LogP contribution >= 0.6 is 35.7 Å². The Morgan fingerprint density at radius 1 is 1.10 bits per heavy atom. The van der Waals surface area contributed by atoms with Crippen molar-refractivity contribution in [3.8, 4) is 0 Å². The van der Waals surface area contributed by atoms with Crippen LogP contribution in [0.4, 0.5) is 0 Å². The fraction of sp³-hybridized carbons (Fsp3) is 0.381. The summed E-state index contributed by atoms with van der Waals surface area (Å²) in [6.45, 7) is 3.31. The fourth-order valence-electron chi connectivity index (χ4n) is 2.80. The van der Waals surface area contributed by atoms with Crippen LogP contribution in [0.25, 0.3) is 0 Å². The zero-order valence-corrected chi connectivity index (χ0v) is 21.1. The van der Waals surface area contributed by atoms with Gasteiger partial charge in [0.2, 0.25) is 0 Å². The highest BCUT2D eigenvalue weighted by molar-refractivity contribution is 14.0. The fourth-order valence-corrected chi connectivity index (χ4v) is 4.93. The average molecular weight is 548 g/mol. The number of guanidine groups is 1. The average Bonchev–Trinajstić information content (AvgIpc) is 2.68. The molecule has 0 saturated carbocycles. The summed E-state index contributed by atoms with van der Waals surface area (Å²) in [4.78, 5) is 5.46. The van der Waals surface area contributed by atoms with E-state index in [0.29, 0.717) is 25.5 Å². The SMILES string of the molecule is CN=C(NCCCS(=O)(=O)Cc1ccccc1)NCc1ccc(C)cc1SC.I. The molecule has 0 saturated heterocycles. The summed E-state index contributed by atoms with van der Waals surface area (Å²) in [6, 6.07) is 15.7. The zero-order chi connectivity index (χ0) is 20.4.